The molecule has 0 unspecified atom stereocenters. The van der Waals surface area contributed by atoms with Crippen LogP contribution >= 0.6 is 0 Å². The van der Waals surface area contributed by atoms with E-state index in [4.69, 9.17) is 5.73 Å². The van der Waals surface area contributed by atoms with Gasteiger partial charge in [0.1, 0.15) is 0 Å². The largest absolute Gasteiger partial charge is 0.327 e. The lowest BCUT2D eigenvalue weighted by Gasteiger charge is -2.06. The van der Waals surface area contributed by atoms with Crippen LogP contribution in [0.2, 0.25) is 0 Å². The van der Waals surface area contributed by atoms with Crippen LogP contribution in [0, 0.1) is 5.41 Å². The van der Waals surface area contributed by atoms with Crippen molar-refractivity contribution in [1.29, 1.82) is 0 Å². The maximum atomic E-state index is 5.38. The van der Waals surface area contributed by atoms with Gasteiger partial charge in [0, 0.05) is 6.54 Å². The van der Waals surface area contributed by atoms with E-state index in [0.29, 0.717) is 12.0 Å². The Morgan fingerprint density at radius 2 is 2.22 bits per heavy atom. The quantitative estimate of drug-likeness (QED) is 0.558. The molecule has 0 saturated heterocycles. The summed E-state index contributed by atoms with van der Waals surface area (Å²) in [6, 6.07) is 0. The van der Waals surface area contributed by atoms with Gasteiger partial charge in [0.05, 0.1) is 0 Å². The lowest BCUT2D eigenvalue weighted by molar-refractivity contribution is 0.685. The van der Waals surface area contributed by atoms with Gasteiger partial charge in [-0.2, -0.15) is 0 Å². The molecule has 0 aromatic carbocycles. The number of hydrogen-bond acceptors (Lipinski definition) is 1. The van der Waals surface area contributed by atoms with Crippen LogP contribution in [-0.4, -0.2) is 6.54 Å². The average Bonchev–Trinajstić information content (AvgIpc) is 2.50. The molecule has 1 aliphatic rings. The van der Waals surface area contributed by atoms with E-state index in [-0.39, 0.29) is 0 Å². The van der Waals surface area contributed by atoms with Crippen LogP contribution in [0.1, 0.15) is 26.7 Å². The molecule has 1 fully saturated rings. The Labute approximate surface area is 56.9 Å². The van der Waals surface area contributed by atoms with Gasteiger partial charge in [0.2, 0.25) is 0 Å². The molecule has 2 N–H and O–H groups in total. The van der Waals surface area contributed by atoms with Crippen molar-refractivity contribution >= 4 is 0 Å². The van der Waals surface area contributed by atoms with Crippen molar-refractivity contribution in [2.75, 3.05) is 6.54 Å². The minimum Gasteiger partial charge on any atom is -0.327 e. The van der Waals surface area contributed by atoms with Crippen LogP contribution < -0.4 is 5.73 Å². The molecule has 0 aromatic rings. The Balaban J connectivity index is 2.51. The Bertz CT molecular complexity index is 132. The highest BCUT2D eigenvalue weighted by Gasteiger charge is 2.38. The predicted molar refractivity (Wildman–Crippen MR) is 40.2 cm³/mol. The van der Waals surface area contributed by atoms with Crippen molar-refractivity contribution in [2.45, 2.75) is 26.7 Å². The number of allylic oxidation sites excluding steroid dienone is 1. The smallest absolute Gasteiger partial charge is 0.0109 e. The second kappa shape index (κ2) is 2.14. The summed E-state index contributed by atoms with van der Waals surface area (Å²) in [5, 5.41) is 0. The molecule has 1 aliphatic carbocycles. The van der Waals surface area contributed by atoms with Gasteiger partial charge in [0.15, 0.2) is 0 Å². The van der Waals surface area contributed by atoms with Gasteiger partial charge >= 0.3 is 0 Å². The van der Waals surface area contributed by atoms with Gasteiger partial charge in [-0.05, 0) is 25.2 Å². The van der Waals surface area contributed by atoms with Crippen LogP contribution in [0.4, 0.5) is 0 Å². The maximum Gasteiger partial charge on any atom is 0.0109 e. The van der Waals surface area contributed by atoms with E-state index >= 15 is 0 Å². The third-order valence-corrected chi connectivity index (χ3v) is 2.38. The summed E-state index contributed by atoms with van der Waals surface area (Å²) in [6.07, 6.45) is 4.84. The molecule has 0 amide bonds. The fourth-order valence-corrected chi connectivity index (χ4v) is 1.01. The van der Waals surface area contributed by atoms with E-state index in [2.05, 4.69) is 19.9 Å². The topological polar surface area (TPSA) is 26.0 Å². The van der Waals surface area contributed by atoms with E-state index in [0.717, 1.165) is 0 Å². The van der Waals surface area contributed by atoms with E-state index in [1.54, 1.807) is 0 Å². The van der Waals surface area contributed by atoms with Crippen LogP contribution in [-0.2, 0) is 0 Å². The predicted octanol–water partition coefficient (Wildman–Crippen LogP) is 1.69. The molecule has 1 heteroatoms. The van der Waals surface area contributed by atoms with Crippen molar-refractivity contribution < 1.29 is 0 Å². The number of hydrogen-bond donors (Lipinski definition) is 1. The summed E-state index contributed by atoms with van der Waals surface area (Å²) in [5.41, 5.74) is 7.40. The molecule has 0 atom stereocenters. The first-order valence-corrected chi connectivity index (χ1v) is 3.56. The number of nitrogens with two attached hydrogens (primary N) is 1. The fourth-order valence-electron chi connectivity index (χ4n) is 1.01. The highest BCUT2D eigenvalue weighted by Crippen LogP contribution is 2.50. The standard InChI is InChI=1S/C8H15N/c1-7(3-6-9)8(2)4-5-8/h3H,4-6,9H2,1-2H3. The summed E-state index contributed by atoms with van der Waals surface area (Å²) in [7, 11) is 0. The van der Waals surface area contributed by atoms with Crippen molar-refractivity contribution in [2.24, 2.45) is 11.1 Å². The molecular formula is C8H15N. The van der Waals surface area contributed by atoms with Crippen molar-refractivity contribution in [3.63, 3.8) is 0 Å². The molecule has 52 valence electrons. The summed E-state index contributed by atoms with van der Waals surface area (Å²) in [5.74, 6) is 0. The van der Waals surface area contributed by atoms with Crippen molar-refractivity contribution in [3.05, 3.63) is 11.6 Å². The van der Waals surface area contributed by atoms with E-state index in [9.17, 15) is 0 Å². The normalized spacial score (nSPS) is 24.1. The van der Waals surface area contributed by atoms with Gasteiger partial charge in [-0.1, -0.05) is 18.6 Å². The molecule has 1 nitrogen and oxygen atoms in total. The maximum absolute atomic E-state index is 5.38. The first-order valence-electron chi connectivity index (χ1n) is 3.56. The Morgan fingerprint density at radius 3 is 2.56 bits per heavy atom. The molecule has 1 saturated carbocycles. The third-order valence-electron chi connectivity index (χ3n) is 2.38. The highest BCUT2D eigenvalue weighted by molar-refractivity contribution is 5.18. The number of rotatable bonds is 2. The van der Waals surface area contributed by atoms with Crippen molar-refractivity contribution in [1.82, 2.24) is 0 Å². The Hall–Kier alpha value is -0.300. The highest BCUT2D eigenvalue weighted by atomic mass is 14.5. The zero-order chi connectivity index (χ0) is 6.91. The molecule has 0 heterocycles. The van der Waals surface area contributed by atoms with Gasteiger partial charge in [-0.25, -0.2) is 0 Å². The molecule has 1 rings (SSSR count). The van der Waals surface area contributed by atoms with E-state index in [1.165, 1.54) is 18.4 Å². The fraction of sp³-hybridized carbons (Fsp3) is 0.750. The van der Waals surface area contributed by atoms with Crippen LogP contribution in [0.25, 0.3) is 0 Å². The second-order valence-corrected chi connectivity index (χ2v) is 3.18. The first kappa shape index (κ1) is 6.81. The minimum atomic E-state index is 0.541. The van der Waals surface area contributed by atoms with Gasteiger partial charge < -0.3 is 5.73 Å². The second-order valence-electron chi connectivity index (χ2n) is 3.18. The van der Waals surface area contributed by atoms with E-state index < -0.39 is 0 Å². The summed E-state index contributed by atoms with van der Waals surface area (Å²) < 4.78 is 0. The lowest BCUT2D eigenvalue weighted by atomic mass is 10.00. The van der Waals surface area contributed by atoms with Gasteiger partial charge in [0.25, 0.3) is 0 Å². The van der Waals surface area contributed by atoms with Crippen LogP contribution in [0.15, 0.2) is 11.6 Å². The molecule has 0 aliphatic heterocycles. The van der Waals surface area contributed by atoms with Gasteiger partial charge in [-0.15, -0.1) is 0 Å². The van der Waals surface area contributed by atoms with Crippen LogP contribution in [0.3, 0.4) is 0 Å². The monoisotopic (exact) mass is 125 g/mol. The van der Waals surface area contributed by atoms with E-state index in [1.807, 2.05) is 0 Å². The Kier molecular flexibility index (Phi) is 1.62. The zero-order valence-corrected chi connectivity index (χ0v) is 6.28. The zero-order valence-electron chi connectivity index (χ0n) is 6.28. The summed E-state index contributed by atoms with van der Waals surface area (Å²) in [6.45, 7) is 5.18. The molecule has 0 spiro atoms. The lowest BCUT2D eigenvalue weighted by Crippen LogP contribution is -2.00. The van der Waals surface area contributed by atoms with Gasteiger partial charge in [-0.3, -0.25) is 0 Å². The molecule has 0 bridgehead atoms. The third kappa shape index (κ3) is 1.33. The summed E-state index contributed by atoms with van der Waals surface area (Å²) in [4.78, 5) is 0. The Morgan fingerprint density at radius 1 is 1.67 bits per heavy atom. The molecular weight excluding hydrogens is 110 g/mol. The van der Waals surface area contributed by atoms with Crippen molar-refractivity contribution in [3.8, 4) is 0 Å². The summed E-state index contributed by atoms with van der Waals surface area (Å²) >= 11 is 0. The van der Waals surface area contributed by atoms with Crippen LogP contribution in [0.5, 0.6) is 0 Å². The first-order chi connectivity index (χ1) is 4.19. The average molecular weight is 125 g/mol. The molecule has 9 heavy (non-hydrogen) atoms. The molecule has 0 radical (unpaired) electrons. The SMILES string of the molecule is CC(=CCN)C1(C)CC1. The minimum absolute atomic E-state index is 0.541. The molecule has 0 aromatic heterocycles.